The van der Waals surface area contributed by atoms with Crippen LogP contribution in [0.5, 0.6) is 0 Å². The van der Waals surface area contributed by atoms with E-state index in [0.29, 0.717) is 19.7 Å². The monoisotopic (exact) mass is 334 g/mol. The molecule has 24 heavy (non-hydrogen) atoms. The van der Waals surface area contributed by atoms with E-state index < -0.39 is 0 Å². The largest absolute Gasteiger partial charge is 0.376 e. The highest BCUT2D eigenvalue weighted by Gasteiger charge is 2.36. The summed E-state index contributed by atoms with van der Waals surface area (Å²) in [6, 6.07) is 5.83. The van der Waals surface area contributed by atoms with Crippen molar-refractivity contribution >= 4 is 11.8 Å². The first kappa shape index (κ1) is 16.9. The Bertz CT molecular complexity index is 599. The quantitative estimate of drug-likeness (QED) is 0.896. The number of halogens is 1. The molecule has 0 spiro atoms. The van der Waals surface area contributed by atoms with Gasteiger partial charge in [-0.25, -0.2) is 4.39 Å². The molecule has 3 rings (SSSR count). The Labute approximate surface area is 141 Å². The van der Waals surface area contributed by atoms with Crippen LogP contribution in [0.1, 0.15) is 37.8 Å². The van der Waals surface area contributed by atoms with Gasteiger partial charge in [0, 0.05) is 26.1 Å². The van der Waals surface area contributed by atoms with E-state index in [-0.39, 0.29) is 42.1 Å². The number of benzene rings is 1. The van der Waals surface area contributed by atoms with E-state index in [2.05, 4.69) is 5.32 Å². The number of hydrogen-bond acceptors (Lipinski definition) is 3. The highest BCUT2D eigenvalue weighted by molar-refractivity contribution is 5.89. The number of carbonyl (C=O) groups excluding carboxylic acids is 2. The molecule has 2 aliphatic rings. The minimum atomic E-state index is -0.332. The summed E-state index contributed by atoms with van der Waals surface area (Å²) < 4.78 is 18.9. The summed E-state index contributed by atoms with van der Waals surface area (Å²) in [6.07, 6.45) is 1.94. The van der Waals surface area contributed by atoms with Crippen LogP contribution in [-0.4, -0.2) is 42.5 Å². The minimum Gasteiger partial charge on any atom is -0.376 e. The second kappa shape index (κ2) is 7.30. The van der Waals surface area contributed by atoms with Crippen LogP contribution in [-0.2, 0) is 14.3 Å². The maximum absolute atomic E-state index is 13.2. The molecule has 1 N–H and O–H groups in total. The Morgan fingerprint density at radius 3 is 2.75 bits per heavy atom. The van der Waals surface area contributed by atoms with Crippen molar-refractivity contribution in [1.29, 1.82) is 0 Å². The molecule has 5 nitrogen and oxygen atoms in total. The lowest BCUT2D eigenvalue weighted by molar-refractivity contribution is -0.129. The van der Waals surface area contributed by atoms with Gasteiger partial charge < -0.3 is 15.0 Å². The number of ether oxygens (including phenoxy) is 1. The Hall–Kier alpha value is -1.95. The molecule has 1 aromatic rings. The minimum absolute atomic E-state index is 0.0214. The zero-order valence-corrected chi connectivity index (χ0v) is 13.8. The first-order valence-corrected chi connectivity index (χ1v) is 8.53. The van der Waals surface area contributed by atoms with Gasteiger partial charge in [-0.3, -0.25) is 9.59 Å². The summed E-state index contributed by atoms with van der Waals surface area (Å²) in [7, 11) is 0. The molecule has 2 saturated heterocycles. The van der Waals surface area contributed by atoms with E-state index in [4.69, 9.17) is 4.74 Å². The number of rotatable bonds is 5. The fourth-order valence-corrected chi connectivity index (χ4v) is 3.45. The summed E-state index contributed by atoms with van der Waals surface area (Å²) in [5.74, 6) is -0.754. The standard InChI is InChI=1S/C18H23FN2O3/c1-2-21-11-13(10-16(21)22)18(23)20-17(15-4-3-9-24-15)12-5-7-14(19)8-6-12/h5-8,13,15,17H,2-4,9-11H2,1H3,(H,20,23). The number of nitrogens with zero attached hydrogens (tertiary/aromatic N) is 1. The van der Waals surface area contributed by atoms with Gasteiger partial charge in [-0.1, -0.05) is 12.1 Å². The van der Waals surface area contributed by atoms with E-state index in [9.17, 15) is 14.0 Å². The van der Waals surface area contributed by atoms with Gasteiger partial charge in [-0.05, 0) is 37.5 Å². The lowest BCUT2D eigenvalue weighted by Crippen LogP contribution is -2.40. The van der Waals surface area contributed by atoms with Crippen LogP contribution >= 0.6 is 0 Å². The molecule has 3 atom stereocenters. The zero-order chi connectivity index (χ0) is 17.1. The average Bonchev–Trinajstić information content (AvgIpc) is 3.23. The molecule has 0 aromatic heterocycles. The van der Waals surface area contributed by atoms with Crippen LogP contribution < -0.4 is 5.32 Å². The first-order chi connectivity index (χ1) is 11.6. The molecule has 6 heteroatoms. The Morgan fingerprint density at radius 2 is 2.17 bits per heavy atom. The highest BCUT2D eigenvalue weighted by atomic mass is 19.1. The van der Waals surface area contributed by atoms with Crippen molar-refractivity contribution < 1.29 is 18.7 Å². The van der Waals surface area contributed by atoms with E-state index in [1.165, 1.54) is 12.1 Å². The molecule has 2 fully saturated rings. The van der Waals surface area contributed by atoms with Crippen LogP contribution in [0.25, 0.3) is 0 Å². The van der Waals surface area contributed by atoms with Crippen molar-refractivity contribution in [3.8, 4) is 0 Å². The molecular weight excluding hydrogens is 311 g/mol. The van der Waals surface area contributed by atoms with Crippen molar-refractivity contribution in [2.24, 2.45) is 5.92 Å². The predicted octanol–water partition coefficient (Wildman–Crippen LogP) is 2.03. The van der Waals surface area contributed by atoms with Crippen molar-refractivity contribution in [2.75, 3.05) is 19.7 Å². The van der Waals surface area contributed by atoms with Gasteiger partial charge in [0.05, 0.1) is 18.1 Å². The molecule has 2 amide bonds. The van der Waals surface area contributed by atoms with Crippen LogP contribution in [0, 0.1) is 11.7 Å². The Balaban J connectivity index is 1.73. The van der Waals surface area contributed by atoms with Crippen LogP contribution in [0.4, 0.5) is 4.39 Å². The molecule has 0 saturated carbocycles. The van der Waals surface area contributed by atoms with Crippen molar-refractivity contribution in [2.45, 2.75) is 38.3 Å². The van der Waals surface area contributed by atoms with Gasteiger partial charge >= 0.3 is 0 Å². The van der Waals surface area contributed by atoms with Crippen LogP contribution in [0.15, 0.2) is 24.3 Å². The lowest BCUT2D eigenvalue weighted by atomic mass is 9.97. The summed E-state index contributed by atoms with van der Waals surface area (Å²) in [5, 5.41) is 3.04. The summed E-state index contributed by atoms with van der Waals surface area (Å²) in [6.45, 7) is 3.66. The maximum Gasteiger partial charge on any atom is 0.225 e. The fraction of sp³-hybridized carbons (Fsp3) is 0.556. The maximum atomic E-state index is 13.2. The molecule has 130 valence electrons. The van der Waals surface area contributed by atoms with Crippen molar-refractivity contribution in [1.82, 2.24) is 10.2 Å². The topological polar surface area (TPSA) is 58.6 Å². The summed E-state index contributed by atoms with van der Waals surface area (Å²) in [4.78, 5) is 26.2. The first-order valence-electron chi connectivity index (χ1n) is 8.53. The van der Waals surface area contributed by atoms with E-state index >= 15 is 0 Å². The Morgan fingerprint density at radius 1 is 1.42 bits per heavy atom. The summed E-state index contributed by atoms with van der Waals surface area (Å²) in [5.41, 5.74) is 0.827. The van der Waals surface area contributed by atoms with Gasteiger partial charge in [0.15, 0.2) is 0 Å². The second-order valence-electron chi connectivity index (χ2n) is 6.42. The van der Waals surface area contributed by atoms with Gasteiger partial charge in [-0.15, -0.1) is 0 Å². The Kier molecular flexibility index (Phi) is 5.14. The van der Waals surface area contributed by atoms with Crippen LogP contribution in [0.2, 0.25) is 0 Å². The average molecular weight is 334 g/mol. The SMILES string of the molecule is CCN1CC(C(=O)NC(c2ccc(F)cc2)C2CCCO2)CC1=O. The lowest BCUT2D eigenvalue weighted by Gasteiger charge is -2.26. The van der Waals surface area contributed by atoms with Crippen LogP contribution in [0.3, 0.4) is 0 Å². The van der Waals surface area contributed by atoms with E-state index in [1.807, 2.05) is 6.92 Å². The molecule has 0 bridgehead atoms. The smallest absolute Gasteiger partial charge is 0.225 e. The van der Waals surface area contributed by atoms with Gasteiger partial charge in [0.2, 0.25) is 11.8 Å². The third-order valence-electron chi connectivity index (χ3n) is 4.83. The number of nitrogens with one attached hydrogen (secondary N) is 1. The third kappa shape index (κ3) is 3.59. The predicted molar refractivity (Wildman–Crippen MR) is 86.6 cm³/mol. The molecule has 2 heterocycles. The van der Waals surface area contributed by atoms with Crippen molar-refractivity contribution in [3.63, 3.8) is 0 Å². The number of hydrogen-bond donors (Lipinski definition) is 1. The van der Waals surface area contributed by atoms with Gasteiger partial charge in [0.25, 0.3) is 0 Å². The number of likely N-dealkylation sites (tertiary alicyclic amines) is 1. The number of amides is 2. The molecule has 2 aliphatic heterocycles. The molecule has 0 radical (unpaired) electrons. The molecule has 1 aromatic carbocycles. The van der Waals surface area contributed by atoms with Gasteiger partial charge in [-0.2, -0.15) is 0 Å². The highest BCUT2D eigenvalue weighted by Crippen LogP contribution is 2.28. The molecular formula is C18H23FN2O3. The van der Waals surface area contributed by atoms with Gasteiger partial charge in [0.1, 0.15) is 5.82 Å². The number of carbonyl (C=O) groups is 2. The van der Waals surface area contributed by atoms with E-state index in [0.717, 1.165) is 18.4 Å². The molecule has 0 aliphatic carbocycles. The zero-order valence-electron chi connectivity index (χ0n) is 13.8. The third-order valence-corrected chi connectivity index (χ3v) is 4.83. The summed E-state index contributed by atoms with van der Waals surface area (Å²) >= 11 is 0. The second-order valence-corrected chi connectivity index (χ2v) is 6.42. The molecule has 3 unspecified atom stereocenters. The normalized spacial score (nSPS) is 25.1. The fourth-order valence-electron chi connectivity index (χ4n) is 3.45. The van der Waals surface area contributed by atoms with E-state index in [1.54, 1.807) is 17.0 Å². The van der Waals surface area contributed by atoms with Crippen molar-refractivity contribution in [3.05, 3.63) is 35.6 Å².